The fourth-order valence-electron chi connectivity index (χ4n) is 6.86. The lowest BCUT2D eigenvalue weighted by Gasteiger charge is -2.48. The van der Waals surface area contributed by atoms with Gasteiger partial charge in [-0.3, -0.25) is 9.59 Å². The van der Waals surface area contributed by atoms with Gasteiger partial charge in [0.05, 0.1) is 56.3 Å². The molecule has 0 spiro atoms. The monoisotopic (exact) mass is 750 g/mol. The molecule has 0 aliphatic carbocycles. The number of rotatable bonds is 11. The Hall–Kier alpha value is -4.36. The number of methoxy groups -OCH3 is 1. The predicted octanol–water partition coefficient (Wildman–Crippen LogP) is 6.65. The van der Waals surface area contributed by atoms with Gasteiger partial charge in [0.15, 0.2) is 5.75 Å². The van der Waals surface area contributed by atoms with Gasteiger partial charge in [-0.1, -0.05) is 66.7 Å². The maximum Gasteiger partial charge on any atom is 0.471 e. The summed E-state index contributed by atoms with van der Waals surface area (Å²) in [6.07, 6.45) is -16.3. The van der Waals surface area contributed by atoms with Crippen LogP contribution >= 0.6 is 0 Å². The summed E-state index contributed by atoms with van der Waals surface area (Å²) >= 11 is 0. The first-order chi connectivity index (χ1) is 25.0. The average molecular weight is 751 g/mol. The number of hydrogen-bond donors (Lipinski definition) is 2. The third-order valence-electron chi connectivity index (χ3n) is 9.33. The molecule has 8 atom stereocenters. The second-order valence-corrected chi connectivity index (χ2v) is 13.4. The predicted molar refractivity (Wildman–Crippen MR) is 177 cm³/mol. The molecule has 3 aromatic carbocycles. The lowest BCUT2D eigenvalue weighted by molar-refractivity contribution is -0.196. The number of benzene rings is 2. The minimum absolute atomic E-state index is 0.0300. The second-order valence-electron chi connectivity index (χ2n) is 13.4. The van der Waals surface area contributed by atoms with Crippen LogP contribution in [-0.4, -0.2) is 67.3 Å². The molecule has 0 bridgehead atoms. The molecule has 2 heterocycles. The van der Waals surface area contributed by atoms with Gasteiger partial charge in [-0.15, -0.1) is 0 Å². The topological polar surface area (TPSA) is 104 Å². The summed E-state index contributed by atoms with van der Waals surface area (Å²) in [5.41, 5.74) is 0.528. The van der Waals surface area contributed by atoms with Crippen LogP contribution in [0.15, 0.2) is 66.7 Å². The van der Waals surface area contributed by atoms with Crippen molar-refractivity contribution >= 4 is 11.8 Å². The maximum absolute atomic E-state index is 13.6. The van der Waals surface area contributed by atoms with Crippen molar-refractivity contribution in [2.45, 2.75) is 107 Å². The van der Waals surface area contributed by atoms with Crippen LogP contribution in [0.3, 0.4) is 0 Å². The molecule has 2 aliphatic rings. The van der Waals surface area contributed by atoms with Crippen LogP contribution < -0.4 is 15.4 Å². The van der Waals surface area contributed by atoms with E-state index in [1.165, 1.54) is 14.0 Å². The molecule has 3 aromatic rings. The van der Waals surface area contributed by atoms with Crippen LogP contribution in [0, 0.1) is 12.1 Å². The maximum atomic E-state index is 13.6. The summed E-state index contributed by atoms with van der Waals surface area (Å²) in [4.78, 5) is 24.5. The molecule has 286 valence electrons. The van der Waals surface area contributed by atoms with Crippen molar-refractivity contribution in [2.75, 3.05) is 7.11 Å². The minimum Gasteiger partial charge on any atom is -0.488 e. The normalized spacial score (nSPS) is 27.7. The first-order valence-corrected chi connectivity index (χ1v) is 16.9. The highest BCUT2D eigenvalue weighted by Gasteiger charge is 2.52. The standard InChI is InChI=1S/C38H40F6N2O7/c1-22-32(50-20-24-11-7-5-8-12-24)28(45-34(47)37(39,40)41)18-30(52-22)26-15-16-29(49-4)27(17-26)31-19-36(3,46-35(48)38(42,43)44)33(23(2)53-31)51-21-25-13-9-6-10-14-25/h5-14,17,22-23,28,30-33H,18-21H2,1-4H3,(H,45,47)(H,46,48)/t22-,23+,28+,30-,31+,32-,33-,36+/m1/s1. The van der Waals surface area contributed by atoms with E-state index in [4.69, 9.17) is 23.7 Å². The molecule has 5 rings (SSSR count). The van der Waals surface area contributed by atoms with Gasteiger partial charge in [0.25, 0.3) is 0 Å². The zero-order chi connectivity index (χ0) is 38.6. The van der Waals surface area contributed by atoms with E-state index in [1.807, 2.05) is 0 Å². The molecular formula is C38H40F6N2O7. The Kier molecular flexibility index (Phi) is 12.3. The van der Waals surface area contributed by atoms with E-state index in [9.17, 15) is 35.9 Å². The van der Waals surface area contributed by atoms with E-state index in [2.05, 4.69) is 22.8 Å². The quantitative estimate of drug-likeness (QED) is 0.212. The summed E-state index contributed by atoms with van der Waals surface area (Å²) < 4.78 is 111. The van der Waals surface area contributed by atoms with Crippen molar-refractivity contribution < 1.29 is 59.6 Å². The first-order valence-electron chi connectivity index (χ1n) is 16.9. The van der Waals surface area contributed by atoms with E-state index in [0.29, 0.717) is 11.1 Å². The average Bonchev–Trinajstić information content (AvgIpc) is 3.10. The van der Waals surface area contributed by atoms with Crippen molar-refractivity contribution in [3.05, 3.63) is 101 Å². The molecule has 2 saturated heterocycles. The molecule has 0 radical (unpaired) electrons. The number of alkyl halides is 6. The number of amides is 2. The number of carbonyl (C=O) groups is 2. The lowest BCUT2D eigenvalue weighted by atomic mass is 9.80. The highest BCUT2D eigenvalue weighted by molar-refractivity contribution is 5.82. The Labute approximate surface area is 303 Å². The van der Waals surface area contributed by atoms with Crippen molar-refractivity contribution in [2.24, 2.45) is 0 Å². The molecule has 9 nitrogen and oxygen atoms in total. The Morgan fingerprint density at radius 3 is 1.96 bits per heavy atom. The highest BCUT2D eigenvalue weighted by atomic mass is 19.4. The van der Waals surface area contributed by atoms with Gasteiger partial charge in [-0.25, -0.2) is 0 Å². The minimum atomic E-state index is -5.18. The van der Waals surface area contributed by atoms with Gasteiger partial charge in [-0.05, 0) is 44.0 Å². The molecule has 0 aromatic heterocycles. The van der Waals surface area contributed by atoms with Crippen molar-refractivity contribution in [1.82, 2.24) is 10.6 Å². The zero-order valence-corrected chi connectivity index (χ0v) is 29.3. The Morgan fingerprint density at radius 1 is 0.830 bits per heavy atom. The van der Waals surface area contributed by atoms with E-state index in [0.717, 1.165) is 11.1 Å². The number of nitrogens with one attached hydrogen (secondary N) is 2. The van der Waals surface area contributed by atoms with Crippen LogP contribution in [0.5, 0.6) is 5.75 Å². The van der Waals surface area contributed by atoms with E-state index in [-0.39, 0.29) is 31.8 Å². The summed E-state index contributed by atoms with van der Waals surface area (Å²) in [5, 5.41) is 4.20. The smallest absolute Gasteiger partial charge is 0.471 e. The lowest BCUT2D eigenvalue weighted by Crippen LogP contribution is -2.64. The van der Waals surface area contributed by atoms with E-state index < -0.39 is 72.4 Å². The molecule has 53 heavy (non-hydrogen) atoms. The van der Waals surface area contributed by atoms with Crippen molar-refractivity contribution in [3.8, 4) is 5.75 Å². The largest absolute Gasteiger partial charge is 0.488 e. The van der Waals surface area contributed by atoms with Crippen molar-refractivity contribution in [1.29, 1.82) is 0 Å². The number of hydrogen-bond acceptors (Lipinski definition) is 7. The summed E-state index contributed by atoms with van der Waals surface area (Å²) in [7, 11) is 1.35. The zero-order valence-electron chi connectivity index (χ0n) is 29.3. The summed E-state index contributed by atoms with van der Waals surface area (Å²) in [6.45, 7) is 4.74. The van der Waals surface area contributed by atoms with Gasteiger partial charge in [0, 0.05) is 24.0 Å². The van der Waals surface area contributed by atoms with Gasteiger partial charge in [0.1, 0.15) is 12.2 Å². The highest BCUT2D eigenvalue weighted by Crippen LogP contribution is 2.44. The van der Waals surface area contributed by atoms with Crippen LogP contribution in [-0.2, 0) is 41.8 Å². The fraction of sp³-hybridized carbons (Fsp3) is 0.474. The molecule has 2 amide bonds. The molecule has 2 aliphatic heterocycles. The summed E-state index contributed by atoms with van der Waals surface area (Å²) in [6, 6.07) is 24.1. The molecule has 2 N–H and O–H groups in total. The van der Waals surface area contributed by atoms with Crippen LogP contribution in [0.2, 0.25) is 0 Å². The van der Waals surface area contributed by atoms with Gasteiger partial charge >= 0.3 is 24.2 Å². The van der Waals surface area contributed by atoms with Gasteiger partial charge in [0.2, 0.25) is 0 Å². The molecular weight excluding hydrogens is 710 g/mol. The number of carbonyl (C=O) groups excluding carboxylic acids is 2. The van der Waals surface area contributed by atoms with Gasteiger partial charge in [-0.2, -0.15) is 26.3 Å². The van der Waals surface area contributed by atoms with Crippen LogP contribution in [0.25, 0.3) is 0 Å². The van der Waals surface area contributed by atoms with E-state index >= 15 is 0 Å². The third kappa shape index (κ3) is 9.80. The number of ether oxygens (including phenoxy) is 5. The first kappa shape index (κ1) is 39.8. The molecule has 15 heteroatoms. The van der Waals surface area contributed by atoms with E-state index in [1.54, 1.807) is 80.6 Å². The molecule has 0 unspecified atom stereocenters. The second kappa shape index (κ2) is 16.3. The molecule has 2 fully saturated rings. The number of halogens is 6. The van der Waals surface area contributed by atoms with Gasteiger partial charge < -0.3 is 34.3 Å². The van der Waals surface area contributed by atoms with Crippen LogP contribution in [0.1, 0.15) is 68.1 Å². The Balaban J connectivity index is 1.42. The summed E-state index contributed by atoms with van der Waals surface area (Å²) in [5.74, 6) is -4.15. The third-order valence-corrected chi connectivity index (χ3v) is 9.33. The van der Waals surface area contributed by atoms with Crippen LogP contribution in [0.4, 0.5) is 26.3 Å². The Bertz CT molecular complexity index is 1690. The fourth-order valence-corrected chi connectivity index (χ4v) is 6.86. The Morgan fingerprint density at radius 2 is 1.40 bits per heavy atom. The molecule has 0 saturated carbocycles. The SMILES string of the molecule is COc1c#cc([C@H]2C[C@H](NC(=O)C(F)(F)F)[C@H](OCc3ccccc3)[C@@H](C)O2)cc1[C@@H]1C[C@](C)(NC(=O)C(F)(F)F)[C@H](OCc2ccccc2)[C@H](C)O1. The van der Waals surface area contributed by atoms with Crippen molar-refractivity contribution in [3.63, 3.8) is 0 Å².